The maximum Gasteiger partial charge on any atom is 0.146 e. The van der Waals surface area contributed by atoms with Crippen LogP contribution in [0.1, 0.15) is 16.8 Å². The quantitative estimate of drug-likeness (QED) is 0.773. The van der Waals surface area contributed by atoms with Gasteiger partial charge in [-0.25, -0.2) is 4.39 Å². The Balaban J connectivity index is 1.85. The summed E-state index contributed by atoms with van der Waals surface area (Å²) < 4.78 is 19.1. The lowest BCUT2D eigenvalue weighted by Gasteiger charge is -2.06. The van der Waals surface area contributed by atoms with E-state index in [9.17, 15) is 4.39 Å². The van der Waals surface area contributed by atoms with E-state index < -0.39 is 5.82 Å². The van der Waals surface area contributed by atoms with Crippen molar-refractivity contribution in [3.8, 4) is 6.07 Å². The molecular formula is C15H13FN2O. The lowest BCUT2D eigenvalue weighted by molar-refractivity contribution is 0.121. The molecule has 1 aromatic heterocycles. The van der Waals surface area contributed by atoms with Crippen LogP contribution in [-0.2, 0) is 17.8 Å². The molecule has 0 aliphatic rings. The average Bonchev–Trinajstić information content (AvgIpc) is 2.46. The SMILES string of the molecule is N#Cc1cccc(COCCc2ccccn2)c1F. The third-order valence-corrected chi connectivity index (χ3v) is 2.69. The number of pyridine rings is 1. The molecule has 0 amide bonds. The molecule has 0 saturated carbocycles. The van der Waals surface area contributed by atoms with Gasteiger partial charge in [0.1, 0.15) is 11.9 Å². The Labute approximate surface area is 111 Å². The summed E-state index contributed by atoms with van der Waals surface area (Å²) in [6, 6.07) is 12.2. The van der Waals surface area contributed by atoms with Crippen LogP contribution in [0.2, 0.25) is 0 Å². The molecule has 0 radical (unpaired) electrons. The Morgan fingerprint density at radius 1 is 1.21 bits per heavy atom. The number of nitriles is 1. The van der Waals surface area contributed by atoms with Crippen LogP contribution in [0.4, 0.5) is 4.39 Å². The van der Waals surface area contributed by atoms with Crippen molar-refractivity contribution in [2.75, 3.05) is 6.61 Å². The minimum atomic E-state index is -0.497. The van der Waals surface area contributed by atoms with E-state index in [2.05, 4.69) is 4.98 Å². The summed E-state index contributed by atoms with van der Waals surface area (Å²) in [6.07, 6.45) is 2.41. The minimum absolute atomic E-state index is 0.0471. The van der Waals surface area contributed by atoms with Gasteiger partial charge in [-0.2, -0.15) is 5.26 Å². The number of hydrogen-bond acceptors (Lipinski definition) is 3. The zero-order valence-electron chi connectivity index (χ0n) is 10.3. The van der Waals surface area contributed by atoms with E-state index in [1.54, 1.807) is 18.3 Å². The van der Waals surface area contributed by atoms with E-state index in [1.165, 1.54) is 6.07 Å². The number of nitrogens with zero attached hydrogens (tertiary/aromatic N) is 2. The van der Waals surface area contributed by atoms with Crippen molar-refractivity contribution >= 4 is 0 Å². The third kappa shape index (κ3) is 3.60. The van der Waals surface area contributed by atoms with E-state index in [4.69, 9.17) is 10.00 Å². The molecule has 3 nitrogen and oxygen atoms in total. The molecule has 0 saturated heterocycles. The molecule has 2 aromatic rings. The van der Waals surface area contributed by atoms with Crippen LogP contribution >= 0.6 is 0 Å². The fourth-order valence-electron chi connectivity index (χ4n) is 1.68. The Morgan fingerprint density at radius 3 is 2.84 bits per heavy atom. The Kier molecular flexibility index (Phi) is 4.60. The molecule has 4 heteroatoms. The van der Waals surface area contributed by atoms with E-state index in [1.807, 2.05) is 24.3 Å². The summed E-state index contributed by atoms with van der Waals surface area (Å²) in [7, 11) is 0. The molecule has 2 rings (SSSR count). The van der Waals surface area contributed by atoms with Gasteiger partial charge in [-0.1, -0.05) is 18.2 Å². The Morgan fingerprint density at radius 2 is 2.11 bits per heavy atom. The highest BCUT2D eigenvalue weighted by Crippen LogP contribution is 2.13. The summed E-state index contributed by atoms with van der Waals surface area (Å²) in [5.41, 5.74) is 1.39. The molecule has 0 spiro atoms. The first kappa shape index (κ1) is 13.2. The van der Waals surface area contributed by atoms with Gasteiger partial charge in [-0.3, -0.25) is 4.98 Å². The molecule has 0 atom stereocenters. The molecule has 0 aliphatic carbocycles. The summed E-state index contributed by atoms with van der Waals surface area (Å²) >= 11 is 0. The van der Waals surface area contributed by atoms with Gasteiger partial charge in [0.15, 0.2) is 0 Å². The van der Waals surface area contributed by atoms with Crippen molar-refractivity contribution in [1.82, 2.24) is 4.98 Å². The topological polar surface area (TPSA) is 45.9 Å². The molecule has 19 heavy (non-hydrogen) atoms. The van der Waals surface area contributed by atoms with E-state index in [0.29, 0.717) is 18.6 Å². The highest BCUT2D eigenvalue weighted by atomic mass is 19.1. The molecule has 0 aliphatic heterocycles. The monoisotopic (exact) mass is 256 g/mol. The number of benzene rings is 1. The molecule has 1 heterocycles. The molecule has 96 valence electrons. The van der Waals surface area contributed by atoms with Gasteiger partial charge in [0.2, 0.25) is 0 Å². The summed E-state index contributed by atoms with van der Waals surface area (Å²) in [6.45, 7) is 0.626. The molecule has 0 N–H and O–H groups in total. The first-order valence-corrected chi connectivity index (χ1v) is 5.96. The van der Waals surface area contributed by atoms with Crippen LogP contribution in [0, 0.1) is 17.1 Å². The largest absolute Gasteiger partial charge is 0.376 e. The predicted molar refractivity (Wildman–Crippen MR) is 68.7 cm³/mol. The standard InChI is InChI=1S/C15H13FN2O/c16-15-12(10-17)4-3-5-13(15)11-19-9-7-14-6-1-2-8-18-14/h1-6,8H,7,9,11H2. The molecule has 0 unspecified atom stereocenters. The molecule has 0 bridgehead atoms. The van der Waals surface area contributed by atoms with Crippen LogP contribution in [-0.4, -0.2) is 11.6 Å². The normalized spacial score (nSPS) is 10.1. The van der Waals surface area contributed by atoms with Gasteiger partial charge in [0, 0.05) is 23.9 Å². The van der Waals surface area contributed by atoms with Crippen molar-refractivity contribution in [3.63, 3.8) is 0 Å². The fourth-order valence-corrected chi connectivity index (χ4v) is 1.68. The Hall–Kier alpha value is -2.25. The average molecular weight is 256 g/mol. The van der Waals surface area contributed by atoms with Crippen molar-refractivity contribution in [3.05, 3.63) is 65.2 Å². The lowest BCUT2D eigenvalue weighted by atomic mass is 10.1. The summed E-state index contributed by atoms with van der Waals surface area (Å²) in [4.78, 5) is 4.17. The maximum atomic E-state index is 13.7. The van der Waals surface area contributed by atoms with Gasteiger partial charge in [-0.15, -0.1) is 0 Å². The van der Waals surface area contributed by atoms with Crippen molar-refractivity contribution < 1.29 is 9.13 Å². The number of ether oxygens (including phenoxy) is 1. The minimum Gasteiger partial charge on any atom is -0.376 e. The predicted octanol–water partition coefficient (Wildman–Crippen LogP) is 2.85. The second kappa shape index (κ2) is 6.62. The maximum absolute atomic E-state index is 13.7. The number of hydrogen-bond donors (Lipinski definition) is 0. The highest BCUT2D eigenvalue weighted by molar-refractivity contribution is 5.34. The summed E-state index contributed by atoms with van der Waals surface area (Å²) in [5, 5.41) is 8.72. The van der Waals surface area contributed by atoms with E-state index in [0.717, 1.165) is 5.69 Å². The van der Waals surface area contributed by atoms with Gasteiger partial charge in [-0.05, 0) is 18.2 Å². The fraction of sp³-hybridized carbons (Fsp3) is 0.200. The lowest BCUT2D eigenvalue weighted by Crippen LogP contribution is -2.02. The summed E-state index contributed by atoms with van der Waals surface area (Å²) in [5.74, 6) is -0.497. The van der Waals surface area contributed by atoms with Crippen LogP contribution in [0.15, 0.2) is 42.6 Å². The number of rotatable bonds is 5. The zero-order valence-corrected chi connectivity index (χ0v) is 10.3. The van der Waals surface area contributed by atoms with Gasteiger partial charge in [0.05, 0.1) is 18.8 Å². The Bertz CT molecular complexity index is 578. The first-order chi connectivity index (χ1) is 9.31. The zero-order chi connectivity index (χ0) is 13.5. The number of halogens is 1. The van der Waals surface area contributed by atoms with E-state index in [-0.39, 0.29) is 12.2 Å². The van der Waals surface area contributed by atoms with Gasteiger partial charge < -0.3 is 4.74 Å². The van der Waals surface area contributed by atoms with Crippen LogP contribution in [0.5, 0.6) is 0 Å². The van der Waals surface area contributed by atoms with Gasteiger partial charge >= 0.3 is 0 Å². The van der Waals surface area contributed by atoms with E-state index >= 15 is 0 Å². The molecule has 1 aromatic carbocycles. The number of aromatic nitrogens is 1. The van der Waals surface area contributed by atoms with Crippen molar-refractivity contribution in [1.29, 1.82) is 5.26 Å². The second-order valence-corrected chi connectivity index (χ2v) is 4.01. The van der Waals surface area contributed by atoms with Crippen LogP contribution < -0.4 is 0 Å². The van der Waals surface area contributed by atoms with Crippen molar-refractivity contribution in [2.24, 2.45) is 0 Å². The third-order valence-electron chi connectivity index (χ3n) is 2.69. The second-order valence-electron chi connectivity index (χ2n) is 4.01. The van der Waals surface area contributed by atoms with Crippen molar-refractivity contribution in [2.45, 2.75) is 13.0 Å². The highest BCUT2D eigenvalue weighted by Gasteiger charge is 2.07. The first-order valence-electron chi connectivity index (χ1n) is 5.96. The smallest absolute Gasteiger partial charge is 0.146 e. The van der Waals surface area contributed by atoms with Gasteiger partial charge in [0.25, 0.3) is 0 Å². The van der Waals surface area contributed by atoms with Crippen LogP contribution in [0.25, 0.3) is 0 Å². The molecule has 0 fully saturated rings. The molecular weight excluding hydrogens is 243 g/mol. The van der Waals surface area contributed by atoms with Crippen LogP contribution in [0.3, 0.4) is 0 Å².